The number of amides is 1. The molecule has 1 amide bonds. The van der Waals surface area contributed by atoms with Gasteiger partial charge in [-0.1, -0.05) is 37.6 Å². The van der Waals surface area contributed by atoms with Crippen molar-refractivity contribution in [3.05, 3.63) is 53.8 Å². The highest BCUT2D eigenvalue weighted by atomic mass is 19.1. The molecule has 3 aliphatic heterocycles. The highest BCUT2D eigenvalue weighted by molar-refractivity contribution is 6.03. The van der Waals surface area contributed by atoms with E-state index < -0.39 is 11.4 Å². The van der Waals surface area contributed by atoms with Gasteiger partial charge in [0.2, 0.25) is 0 Å². The van der Waals surface area contributed by atoms with Crippen LogP contribution >= 0.6 is 0 Å². The van der Waals surface area contributed by atoms with Crippen LogP contribution in [0.4, 0.5) is 15.0 Å². The number of hydrogen-bond donors (Lipinski definition) is 0. The molecule has 4 heterocycles. The quantitative estimate of drug-likeness (QED) is 0.157. The molecule has 1 aromatic heterocycles. The van der Waals surface area contributed by atoms with E-state index in [0.29, 0.717) is 48.3 Å². The molecule has 1 saturated carbocycles. The molecule has 10 nitrogen and oxygen atoms in total. The Hall–Kier alpha value is -4.22. The third-order valence-electron chi connectivity index (χ3n) is 12.3. The molecule has 8 rings (SSSR count). The topological polar surface area (TPSA) is 89.5 Å². The van der Waals surface area contributed by atoms with Crippen LogP contribution in [0.3, 0.4) is 0 Å². The van der Waals surface area contributed by atoms with Gasteiger partial charge in [0.1, 0.15) is 22.7 Å². The van der Waals surface area contributed by atoms with Crippen molar-refractivity contribution in [2.45, 2.75) is 103 Å². The van der Waals surface area contributed by atoms with Crippen LogP contribution in [-0.2, 0) is 15.9 Å². The van der Waals surface area contributed by atoms with Gasteiger partial charge in [-0.25, -0.2) is 9.18 Å². The largest absolute Gasteiger partial charge is 0.468 e. The Morgan fingerprint density at radius 3 is 2.50 bits per heavy atom. The second kappa shape index (κ2) is 14.5. The third-order valence-corrected chi connectivity index (χ3v) is 12.3. The number of piperazine rings is 1. The van der Waals surface area contributed by atoms with Crippen LogP contribution in [0.2, 0.25) is 0 Å². The minimum atomic E-state index is -0.582. The number of rotatable bonds is 9. The number of anilines is 1. The highest BCUT2D eigenvalue weighted by Crippen LogP contribution is 2.48. The SMILES string of the molecule is CCc1cccc2cc(OCOC)cc(-c3ccc4c(N5C[C@H]6CC[C@@H](C5)N6C(=O)OC(C)(C)C)nc(OC[C@]56CCC[C@H]5N(C)CCC6)nc4c3F)c12. The van der Waals surface area contributed by atoms with E-state index in [2.05, 4.69) is 29.8 Å². The van der Waals surface area contributed by atoms with Crippen LogP contribution < -0.4 is 14.4 Å². The number of nitrogens with zero attached hydrogens (tertiary/aromatic N) is 5. The number of carbonyl (C=O) groups is 1. The van der Waals surface area contributed by atoms with Gasteiger partial charge in [-0.3, -0.25) is 4.90 Å². The molecule has 11 heteroatoms. The predicted octanol–water partition coefficient (Wildman–Crippen LogP) is 8.37. The molecular formula is C43H54FN5O5. The fraction of sp³-hybridized carbons (Fsp3) is 0.558. The lowest BCUT2D eigenvalue weighted by Crippen LogP contribution is -2.57. The van der Waals surface area contributed by atoms with E-state index in [1.54, 1.807) is 7.11 Å². The molecule has 0 unspecified atom stereocenters. The predicted molar refractivity (Wildman–Crippen MR) is 209 cm³/mol. The summed E-state index contributed by atoms with van der Waals surface area (Å²) in [7, 11) is 3.80. The van der Waals surface area contributed by atoms with E-state index in [1.165, 1.54) is 6.42 Å². The molecule has 4 atom stereocenters. The van der Waals surface area contributed by atoms with Crippen LogP contribution in [0.25, 0.3) is 32.8 Å². The summed E-state index contributed by atoms with van der Waals surface area (Å²) in [6.07, 6.45) is 7.92. The lowest BCUT2D eigenvalue weighted by molar-refractivity contribution is 0.0119. The van der Waals surface area contributed by atoms with Crippen LogP contribution in [0.1, 0.15) is 78.2 Å². The van der Waals surface area contributed by atoms with Crippen molar-refractivity contribution >= 4 is 33.6 Å². The summed E-state index contributed by atoms with van der Waals surface area (Å²) in [6, 6.07) is 14.4. The number of methoxy groups -OCH3 is 1. The number of aromatic nitrogens is 2. The number of halogens is 1. The summed E-state index contributed by atoms with van der Waals surface area (Å²) in [5.74, 6) is 0.807. The molecular weight excluding hydrogens is 686 g/mol. The monoisotopic (exact) mass is 739 g/mol. The standard InChI is InChI=1S/C43H54FN5O5/c1-7-27-11-8-12-28-21-31(53-26-51-6)22-34(36(27)28)32-16-17-33-38(37(32)44)45-40(52-25-43-18-9-13-35(43)47(5)20-10-19-43)46-39(33)48-23-29-14-15-30(24-48)49(29)41(50)54-42(2,3)4/h8,11-12,16-17,21-22,29-30,35H,7,9-10,13-15,18-20,23-26H2,1-6H3/t29-,30+,35-,43-/m1/s1. The van der Waals surface area contributed by atoms with Gasteiger partial charge in [0.25, 0.3) is 0 Å². The van der Waals surface area contributed by atoms with Gasteiger partial charge in [0.15, 0.2) is 12.6 Å². The van der Waals surface area contributed by atoms with Crippen molar-refractivity contribution in [3.8, 4) is 22.9 Å². The molecule has 0 radical (unpaired) electrons. The third kappa shape index (κ3) is 6.72. The first-order chi connectivity index (χ1) is 26.0. The summed E-state index contributed by atoms with van der Waals surface area (Å²) in [5, 5.41) is 2.57. The highest BCUT2D eigenvalue weighted by Gasteiger charge is 2.48. The van der Waals surface area contributed by atoms with Crippen LogP contribution in [-0.4, -0.2) is 96.8 Å². The molecule has 54 heavy (non-hydrogen) atoms. The zero-order valence-corrected chi connectivity index (χ0v) is 32.6. The second-order valence-corrected chi connectivity index (χ2v) is 16.9. The summed E-state index contributed by atoms with van der Waals surface area (Å²) in [6.45, 7) is 10.6. The fourth-order valence-corrected chi connectivity index (χ4v) is 9.91. The summed E-state index contributed by atoms with van der Waals surface area (Å²) < 4.78 is 41.1. The Labute approximate surface area is 317 Å². The van der Waals surface area contributed by atoms with Crippen molar-refractivity contribution in [2.75, 3.05) is 52.1 Å². The number of ether oxygens (including phenoxy) is 4. The lowest BCUT2D eigenvalue weighted by Gasteiger charge is -2.44. The second-order valence-electron chi connectivity index (χ2n) is 16.9. The molecule has 3 aromatic carbocycles. The maximum Gasteiger partial charge on any atom is 0.410 e. The molecule has 288 valence electrons. The summed E-state index contributed by atoms with van der Waals surface area (Å²) in [5.41, 5.74) is 1.96. The van der Waals surface area contributed by atoms with Gasteiger partial charge < -0.3 is 28.7 Å². The number of benzene rings is 3. The fourth-order valence-electron chi connectivity index (χ4n) is 9.91. The number of hydrogen-bond acceptors (Lipinski definition) is 9. The van der Waals surface area contributed by atoms with Crippen molar-refractivity contribution < 1.29 is 28.1 Å². The van der Waals surface area contributed by atoms with Crippen LogP contribution in [0.15, 0.2) is 42.5 Å². The number of carbonyl (C=O) groups excluding carboxylic acids is 1. The molecule has 0 N–H and O–H groups in total. The Bertz CT molecular complexity index is 2040. The maximum absolute atomic E-state index is 17.5. The van der Waals surface area contributed by atoms with Gasteiger partial charge in [-0.2, -0.15) is 9.97 Å². The van der Waals surface area contributed by atoms with Gasteiger partial charge in [0.05, 0.1) is 18.7 Å². The van der Waals surface area contributed by atoms with E-state index in [-0.39, 0.29) is 41.9 Å². The minimum Gasteiger partial charge on any atom is -0.468 e. The molecule has 1 aliphatic carbocycles. The molecule has 0 spiro atoms. The van der Waals surface area contributed by atoms with Crippen molar-refractivity contribution in [3.63, 3.8) is 0 Å². The van der Waals surface area contributed by atoms with Crippen molar-refractivity contribution in [1.29, 1.82) is 0 Å². The van der Waals surface area contributed by atoms with E-state index in [9.17, 15) is 4.79 Å². The zero-order valence-electron chi connectivity index (χ0n) is 32.6. The zero-order chi connectivity index (χ0) is 37.8. The van der Waals surface area contributed by atoms with Gasteiger partial charge in [-0.15, -0.1) is 0 Å². The lowest BCUT2D eigenvalue weighted by atomic mass is 9.76. The Morgan fingerprint density at radius 1 is 0.981 bits per heavy atom. The van der Waals surface area contributed by atoms with E-state index in [0.717, 1.165) is 73.4 Å². The smallest absolute Gasteiger partial charge is 0.410 e. The average molecular weight is 740 g/mol. The van der Waals surface area contributed by atoms with Crippen LogP contribution in [0.5, 0.6) is 11.8 Å². The number of aryl methyl sites for hydroxylation is 1. The van der Waals surface area contributed by atoms with Crippen molar-refractivity contribution in [1.82, 2.24) is 19.8 Å². The van der Waals surface area contributed by atoms with Crippen molar-refractivity contribution in [2.24, 2.45) is 5.41 Å². The molecule has 3 saturated heterocycles. The first kappa shape index (κ1) is 36.7. The Balaban J connectivity index is 1.23. The van der Waals surface area contributed by atoms with Gasteiger partial charge in [0, 0.05) is 42.6 Å². The summed E-state index contributed by atoms with van der Waals surface area (Å²) in [4.78, 5) is 29.9. The Kier molecular flexibility index (Phi) is 9.83. The minimum absolute atomic E-state index is 0.0299. The van der Waals surface area contributed by atoms with E-state index in [4.69, 9.17) is 28.9 Å². The van der Waals surface area contributed by atoms with Crippen LogP contribution in [0, 0.1) is 11.2 Å². The Morgan fingerprint density at radius 2 is 1.76 bits per heavy atom. The molecule has 4 aromatic rings. The first-order valence-corrected chi connectivity index (χ1v) is 19.8. The van der Waals surface area contributed by atoms with Gasteiger partial charge >= 0.3 is 12.1 Å². The molecule has 2 bridgehead atoms. The normalized spacial score (nSPS) is 24.3. The maximum atomic E-state index is 17.5. The average Bonchev–Trinajstić information content (AvgIpc) is 3.70. The van der Waals surface area contributed by atoms with E-state index in [1.807, 2.05) is 62.1 Å². The number of fused-ring (bicyclic) bond motifs is 5. The molecule has 4 aliphatic rings. The number of piperidine rings is 1. The first-order valence-electron chi connectivity index (χ1n) is 19.8. The molecule has 4 fully saturated rings. The van der Waals surface area contributed by atoms with Gasteiger partial charge in [-0.05, 0) is 119 Å². The summed E-state index contributed by atoms with van der Waals surface area (Å²) >= 11 is 0. The van der Waals surface area contributed by atoms with E-state index >= 15 is 4.39 Å². The number of likely N-dealkylation sites (tertiary alicyclic amines) is 1.